The number of pyridine rings is 1. The predicted molar refractivity (Wildman–Crippen MR) is 92.7 cm³/mol. The number of hydrogen-bond acceptors (Lipinski definition) is 5. The van der Waals surface area contributed by atoms with Gasteiger partial charge in [-0.15, -0.1) is 6.58 Å². The molecule has 0 aromatic carbocycles. The maximum Gasteiger partial charge on any atom is 0.321 e. The van der Waals surface area contributed by atoms with Gasteiger partial charge in [-0.2, -0.15) is 5.26 Å². The molecule has 1 aliphatic rings. The van der Waals surface area contributed by atoms with Gasteiger partial charge in [0, 0.05) is 12.2 Å². The first-order valence-electron chi connectivity index (χ1n) is 7.84. The van der Waals surface area contributed by atoms with E-state index < -0.39 is 17.2 Å². The molecule has 126 valence electrons. The third-order valence-electron chi connectivity index (χ3n) is 3.69. The number of urea groups is 1. The summed E-state index contributed by atoms with van der Waals surface area (Å²) in [5.41, 5.74) is 2.62. The lowest BCUT2D eigenvalue weighted by Crippen LogP contribution is -2.42. The summed E-state index contributed by atoms with van der Waals surface area (Å²) < 4.78 is 0. The van der Waals surface area contributed by atoms with Crippen LogP contribution in [0.4, 0.5) is 4.79 Å². The van der Waals surface area contributed by atoms with Crippen LogP contribution in [-0.4, -0.2) is 28.7 Å². The number of rotatable bonds is 5. The molecule has 3 amide bonds. The van der Waals surface area contributed by atoms with Crippen molar-refractivity contribution in [1.29, 1.82) is 5.26 Å². The van der Waals surface area contributed by atoms with Crippen LogP contribution in [0.25, 0.3) is 0 Å². The number of imide groups is 1. The number of fused-ring (bicyclic) bond motifs is 1. The molecule has 2 rings (SSSR count). The lowest BCUT2D eigenvalue weighted by molar-refractivity contribution is -0.119. The van der Waals surface area contributed by atoms with Gasteiger partial charge in [0.25, 0.3) is 0 Å². The van der Waals surface area contributed by atoms with Crippen molar-refractivity contribution in [3.63, 3.8) is 0 Å². The topological polar surface area (TPSA) is 94.9 Å². The number of carbonyl (C=O) groups is 2. The van der Waals surface area contributed by atoms with Gasteiger partial charge in [-0.25, -0.2) is 9.78 Å². The van der Waals surface area contributed by atoms with E-state index in [1.165, 1.54) is 17.8 Å². The van der Waals surface area contributed by atoms with Crippen LogP contribution in [0.15, 0.2) is 23.7 Å². The molecule has 1 heterocycles. The molecule has 7 heteroatoms. The Labute approximate surface area is 145 Å². The fraction of sp³-hybridized carbons (Fsp3) is 0.412. The van der Waals surface area contributed by atoms with Gasteiger partial charge in [-0.3, -0.25) is 10.1 Å². The highest BCUT2D eigenvalue weighted by molar-refractivity contribution is 8.00. The number of aryl methyl sites for hydroxylation is 2. The molecule has 0 saturated heterocycles. The van der Waals surface area contributed by atoms with E-state index in [1.807, 2.05) is 6.07 Å². The molecule has 1 aromatic heterocycles. The Morgan fingerprint density at radius 2 is 2.25 bits per heavy atom. The first kappa shape index (κ1) is 18.0. The maximum absolute atomic E-state index is 12.1. The number of nitriles is 1. The zero-order chi connectivity index (χ0) is 17.5. The fourth-order valence-corrected chi connectivity index (χ4v) is 3.32. The summed E-state index contributed by atoms with van der Waals surface area (Å²) in [6.45, 7) is 5.45. The SMILES string of the molecule is C=CCNC(=O)NC(=O)[C@H](C)Sc1nc2c(cc1C#N)CCCC2. The Hall–Kier alpha value is -2.33. The molecular formula is C17H20N4O2S. The van der Waals surface area contributed by atoms with Gasteiger partial charge in [0.1, 0.15) is 11.1 Å². The van der Waals surface area contributed by atoms with E-state index in [4.69, 9.17) is 0 Å². The molecule has 1 aromatic rings. The lowest BCUT2D eigenvalue weighted by atomic mass is 9.95. The standard InChI is InChI=1S/C17H20N4O2S/c1-3-8-19-17(23)21-15(22)11(2)24-16-13(10-18)9-12-6-4-5-7-14(12)20-16/h3,9,11H,1,4-8H2,2H3,(H2,19,21,22,23)/t11-/m0/s1. The van der Waals surface area contributed by atoms with E-state index in [0.29, 0.717) is 10.6 Å². The van der Waals surface area contributed by atoms with Gasteiger partial charge in [-0.1, -0.05) is 17.8 Å². The number of carbonyl (C=O) groups excluding carboxylic acids is 2. The highest BCUT2D eigenvalue weighted by Crippen LogP contribution is 2.29. The predicted octanol–water partition coefficient (Wildman–Crippen LogP) is 2.32. The van der Waals surface area contributed by atoms with Crippen LogP contribution in [0.2, 0.25) is 0 Å². The number of nitrogens with zero attached hydrogens (tertiary/aromatic N) is 2. The van der Waals surface area contributed by atoms with Gasteiger partial charge in [0.15, 0.2) is 0 Å². The molecule has 1 atom stereocenters. The third-order valence-corrected chi connectivity index (χ3v) is 4.79. The molecule has 1 aliphatic carbocycles. The van der Waals surface area contributed by atoms with Crippen LogP contribution in [0.5, 0.6) is 0 Å². The van der Waals surface area contributed by atoms with Gasteiger partial charge < -0.3 is 5.32 Å². The summed E-state index contributed by atoms with van der Waals surface area (Å²) in [6, 6.07) is 3.47. The van der Waals surface area contributed by atoms with E-state index in [0.717, 1.165) is 36.9 Å². The summed E-state index contributed by atoms with van der Waals surface area (Å²) in [5.74, 6) is -0.426. The summed E-state index contributed by atoms with van der Waals surface area (Å²) in [4.78, 5) is 28.2. The maximum atomic E-state index is 12.1. The smallest absolute Gasteiger partial charge is 0.321 e. The van der Waals surface area contributed by atoms with Crippen molar-refractivity contribution in [2.24, 2.45) is 0 Å². The van der Waals surface area contributed by atoms with Crippen molar-refractivity contribution >= 4 is 23.7 Å². The Morgan fingerprint density at radius 1 is 1.50 bits per heavy atom. The highest BCUT2D eigenvalue weighted by Gasteiger charge is 2.21. The Morgan fingerprint density at radius 3 is 2.96 bits per heavy atom. The summed E-state index contributed by atoms with van der Waals surface area (Å²) in [6.07, 6.45) is 5.58. The fourth-order valence-electron chi connectivity index (χ4n) is 2.43. The van der Waals surface area contributed by atoms with Crippen molar-refractivity contribution in [3.05, 3.63) is 35.5 Å². The highest BCUT2D eigenvalue weighted by atomic mass is 32.2. The van der Waals surface area contributed by atoms with Crippen LogP contribution in [0.1, 0.15) is 36.6 Å². The zero-order valence-corrected chi connectivity index (χ0v) is 14.4. The molecule has 2 N–H and O–H groups in total. The van der Waals surface area contributed by atoms with Gasteiger partial charge >= 0.3 is 6.03 Å². The molecule has 0 bridgehead atoms. The number of hydrogen-bond donors (Lipinski definition) is 2. The van der Waals surface area contributed by atoms with Crippen molar-refractivity contribution in [2.75, 3.05) is 6.54 Å². The molecule has 24 heavy (non-hydrogen) atoms. The number of nitrogens with one attached hydrogen (secondary N) is 2. The third kappa shape index (κ3) is 4.59. The van der Waals surface area contributed by atoms with Gasteiger partial charge in [-0.05, 0) is 44.2 Å². The second-order valence-electron chi connectivity index (χ2n) is 5.51. The van der Waals surface area contributed by atoms with E-state index in [2.05, 4.69) is 28.3 Å². The quantitative estimate of drug-likeness (QED) is 0.631. The molecule has 6 nitrogen and oxygen atoms in total. The summed E-state index contributed by atoms with van der Waals surface area (Å²) >= 11 is 1.20. The molecule has 0 spiro atoms. The van der Waals surface area contributed by atoms with Crippen LogP contribution >= 0.6 is 11.8 Å². The molecular weight excluding hydrogens is 324 g/mol. The summed E-state index contributed by atoms with van der Waals surface area (Å²) in [5, 5.41) is 14.1. The number of aromatic nitrogens is 1. The molecule has 0 fully saturated rings. The van der Waals surface area contributed by atoms with E-state index >= 15 is 0 Å². The van der Waals surface area contributed by atoms with Crippen LogP contribution in [0, 0.1) is 11.3 Å². The van der Waals surface area contributed by atoms with Crippen molar-refractivity contribution in [2.45, 2.75) is 42.9 Å². The minimum absolute atomic E-state index is 0.283. The Kier molecular flexibility index (Phi) is 6.38. The molecule has 0 aliphatic heterocycles. The summed E-state index contributed by atoms with van der Waals surface area (Å²) in [7, 11) is 0. The Bertz CT molecular complexity index is 697. The van der Waals surface area contributed by atoms with E-state index in [1.54, 1.807) is 6.92 Å². The minimum Gasteiger partial charge on any atom is -0.334 e. The molecule has 0 unspecified atom stereocenters. The molecule has 0 saturated carbocycles. The van der Waals surface area contributed by atoms with Crippen LogP contribution in [-0.2, 0) is 17.6 Å². The van der Waals surface area contributed by atoms with Crippen LogP contribution < -0.4 is 10.6 Å². The first-order chi connectivity index (χ1) is 11.5. The second-order valence-corrected chi connectivity index (χ2v) is 6.84. The molecule has 0 radical (unpaired) electrons. The average Bonchev–Trinajstić information content (AvgIpc) is 2.59. The van der Waals surface area contributed by atoms with Gasteiger partial charge in [0.2, 0.25) is 5.91 Å². The van der Waals surface area contributed by atoms with Gasteiger partial charge in [0.05, 0.1) is 10.8 Å². The first-order valence-corrected chi connectivity index (χ1v) is 8.72. The number of amides is 3. The van der Waals surface area contributed by atoms with Crippen molar-refractivity contribution < 1.29 is 9.59 Å². The van der Waals surface area contributed by atoms with E-state index in [9.17, 15) is 14.9 Å². The van der Waals surface area contributed by atoms with Crippen molar-refractivity contribution in [1.82, 2.24) is 15.6 Å². The normalized spacial score (nSPS) is 14.0. The lowest BCUT2D eigenvalue weighted by Gasteiger charge is -2.17. The zero-order valence-electron chi connectivity index (χ0n) is 13.6. The average molecular weight is 344 g/mol. The van der Waals surface area contributed by atoms with Crippen LogP contribution in [0.3, 0.4) is 0 Å². The number of thioether (sulfide) groups is 1. The Balaban J connectivity index is 2.06. The minimum atomic E-state index is -0.564. The van der Waals surface area contributed by atoms with Crippen molar-refractivity contribution in [3.8, 4) is 6.07 Å². The monoisotopic (exact) mass is 344 g/mol. The van der Waals surface area contributed by atoms with E-state index in [-0.39, 0.29) is 6.54 Å². The second kappa shape index (κ2) is 8.50. The largest absolute Gasteiger partial charge is 0.334 e.